The second kappa shape index (κ2) is 3.66. The molecule has 2 aromatic rings. The van der Waals surface area contributed by atoms with E-state index < -0.39 is 11.7 Å². The number of hydrogen-bond acceptors (Lipinski definition) is 3. The van der Waals surface area contributed by atoms with Crippen LogP contribution in [0.3, 0.4) is 0 Å². The van der Waals surface area contributed by atoms with Crippen LogP contribution in [0.5, 0.6) is 0 Å². The third kappa shape index (κ3) is 2.13. The maximum atomic E-state index is 12.7. The average molecular weight is 260 g/mol. The van der Waals surface area contributed by atoms with Gasteiger partial charge in [0.2, 0.25) is 0 Å². The summed E-state index contributed by atoms with van der Waals surface area (Å²) in [6, 6.07) is 0. The molecule has 0 saturated heterocycles. The van der Waals surface area contributed by atoms with Gasteiger partial charge in [-0.2, -0.15) is 13.2 Å². The first-order valence-electron chi connectivity index (χ1n) is 5.01. The van der Waals surface area contributed by atoms with Gasteiger partial charge >= 0.3 is 6.18 Å². The van der Waals surface area contributed by atoms with Crippen LogP contribution < -0.4 is 0 Å². The zero-order valence-electron chi connectivity index (χ0n) is 9.59. The zero-order valence-corrected chi connectivity index (χ0v) is 10.4. The van der Waals surface area contributed by atoms with E-state index >= 15 is 0 Å². The maximum Gasteiger partial charge on any atom is 0.419 e. The van der Waals surface area contributed by atoms with Gasteiger partial charge in [-0.05, 0) is 0 Å². The molecule has 0 atom stereocenters. The highest BCUT2D eigenvalue weighted by Gasteiger charge is 2.35. The second-order valence-electron chi connectivity index (χ2n) is 4.80. The summed E-state index contributed by atoms with van der Waals surface area (Å²) < 4.78 is 38.7. The summed E-state index contributed by atoms with van der Waals surface area (Å²) in [6.45, 7) is 5.76. The van der Waals surface area contributed by atoms with Crippen LogP contribution in [0.1, 0.15) is 32.0 Å². The van der Waals surface area contributed by atoms with Crippen LogP contribution in [0.15, 0.2) is 11.7 Å². The summed E-state index contributed by atoms with van der Waals surface area (Å²) in [4.78, 5) is 7.87. The quantitative estimate of drug-likeness (QED) is 0.715. The number of aromatic nitrogens is 2. The standard InChI is InChI=1S/C11H11F3N2S/c1-10(2,3)9-8-7(15-5-16-9)6(4-17-8)11(12,13)14/h4-5H,1-3H3. The van der Waals surface area contributed by atoms with E-state index in [1.54, 1.807) is 0 Å². The number of nitrogens with zero attached hydrogens (tertiary/aromatic N) is 2. The minimum Gasteiger partial charge on any atom is -0.239 e. The lowest BCUT2D eigenvalue weighted by molar-refractivity contribution is -0.136. The Morgan fingerprint density at radius 2 is 1.76 bits per heavy atom. The van der Waals surface area contributed by atoms with Crippen LogP contribution in [-0.2, 0) is 11.6 Å². The molecule has 0 aliphatic carbocycles. The third-order valence-electron chi connectivity index (χ3n) is 2.37. The fourth-order valence-electron chi connectivity index (χ4n) is 1.59. The largest absolute Gasteiger partial charge is 0.419 e. The molecule has 0 unspecified atom stereocenters. The van der Waals surface area contributed by atoms with Crippen LogP contribution in [-0.4, -0.2) is 9.97 Å². The van der Waals surface area contributed by atoms with Crippen molar-refractivity contribution in [3.8, 4) is 0 Å². The predicted molar refractivity (Wildman–Crippen MR) is 61.1 cm³/mol. The highest BCUT2D eigenvalue weighted by molar-refractivity contribution is 7.17. The van der Waals surface area contributed by atoms with E-state index in [9.17, 15) is 13.2 Å². The lowest BCUT2D eigenvalue weighted by Crippen LogP contribution is -2.14. The first kappa shape index (κ1) is 12.3. The topological polar surface area (TPSA) is 25.8 Å². The molecule has 0 radical (unpaired) electrons. The van der Waals surface area contributed by atoms with Crippen molar-refractivity contribution in [3.63, 3.8) is 0 Å². The monoisotopic (exact) mass is 260 g/mol. The van der Waals surface area contributed by atoms with Crippen LogP contribution >= 0.6 is 11.3 Å². The summed E-state index contributed by atoms with van der Waals surface area (Å²) in [5.41, 5.74) is -0.314. The molecule has 2 rings (SSSR count). The summed E-state index contributed by atoms with van der Waals surface area (Å²) >= 11 is 1.05. The van der Waals surface area contributed by atoms with Crippen LogP contribution in [0.2, 0.25) is 0 Å². The predicted octanol–water partition coefficient (Wildman–Crippen LogP) is 4.01. The van der Waals surface area contributed by atoms with Gasteiger partial charge in [-0.15, -0.1) is 11.3 Å². The molecule has 0 aliphatic heterocycles. The van der Waals surface area contributed by atoms with E-state index in [1.807, 2.05) is 20.8 Å². The normalized spacial score (nSPS) is 13.3. The van der Waals surface area contributed by atoms with Gasteiger partial charge in [0.25, 0.3) is 0 Å². The Bertz CT molecular complexity index is 552. The van der Waals surface area contributed by atoms with Crippen molar-refractivity contribution in [3.05, 3.63) is 23.0 Å². The highest BCUT2D eigenvalue weighted by Crippen LogP contribution is 2.40. The van der Waals surface area contributed by atoms with Crippen molar-refractivity contribution in [1.82, 2.24) is 9.97 Å². The molecule has 6 heteroatoms. The van der Waals surface area contributed by atoms with Gasteiger partial charge in [0, 0.05) is 10.8 Å². The molecular formula is C11H11F3N2S. The molecule has 0 N–H and O–H groups in total. The number of fused-ring (bicyclic) bond motifs is 1. The Labute approximate surface area is 101 Å². The molecule has 0 aromatic carbocycles. The molecule has 0 spiro atoms. The molecule has 2 heterocycles. The summed E-state index contributed by atoms with van der Waals surface area (Å²) in [6.07, 6.45) is -3.16. The van der Waals surface area contributed by atoms with E-state index in [0.29, 0.717) is 10.4 Å². The Morgan fingerprint density at radius 3 is 2.29 bits per heavy atom. The third-order valence-corrected chi connectivity index (χ3v) is 3.35. The molecule has 0 fully saturated rings. The Balaban J connectivity index is 2.74. The van der Waals surface area contributed by atoms with Crippen LogP contribution in [0.4, 0.5) is 13.2 Å². The summed E-state index contributed by atoms with van der Waals surface area (Å²) in [7, 11) is 0. The van der Waals surface area contributed by atoms with Crippen molar-refractivity contribution in [2.45, 2.75) is 32.4 Å². The van der Waals surface area contributed by atoms with Gasteiger partial charge in [-0.3, -0.25) is 0 Å². The summed E-state index contributed by atoms with van der Waals surface area (Å²) in [5.74, 6) is 0. The minimum atomic E-state index is -4.36. The van der Waals surface area contributed by atoms with Gasteiger partial charge < -0.3 is 0 Å². The Kier molecular flexibility index (Phi) is 2.65. The van der Waals surface area contributed by atoms with Crippen LogP contribution in [0.25, 0.3) is 10.2 Å². The minimum absolute atomic E-state index is 0.00225. The van der Waals surface area contributed by atoms with Crippen molar-refractivity contribution in [2.75, 3.05) is 0 Å². The smallest absolute Gasteiger partial charge is 0.239 e. The van der Waals surface area contributed by atoms with Gasteiger partial charge in [-0.25, -0.2) is 9.97 Å². The number of rotatable bonds is 0. The lowest BCUT2D eigenvalue weighted by atomic mass is 9.91. The number of thiophene rings is 1. The van der Waals surface area contributed by atoms with Gasteiger partial charge in [-0.1, -0.05) is 20.8 Å². The Morgan fingerprint density at radius 1 is 1.12 bits per heavy atom. The number of halogens is 3. The van der Waals surface area contributed by atoms with E-state index in [2.05, 4.69) is 9.97 Å². The van der Waals surface area contributed by atoms with Crippen molar-refractivity contribution in [2.24, 2.45) is 0 Å². The van der Waals surface area contributed by atoms with Gasteiger partial charge in [0.1, 0.15) is 6.33 Å². The first-order chi connectivity index (χ1) is 7.71. The fraction of sp³-hybridized carbons (Fsp3) is 0.455. The maximum absolute atomic E-state index is 12.7. The molecule has 0 bridgehead atoms. The number of hydrogen-bond donors (Lipinski definition) is 0. The molecule has 0 amide bonds. The summed E-state index contributed by atoms with van der Waals surface area (Å²) in [5, 5.41) is 1.11. The molecule has 2 aromatic heterocycles. The SMILES string of the molecule is CC(C)(C)c1ncnc2c(C(F)(F)F)csc12. The molecule has 0 saturated carbocycles. The number of alkyl halides is 3. The van der Waals surface area contributed by atoms with Crippen molar-refractivity contribution >= 4 is 21.6 Å². The molecule has 0 aliphatic rings. The average Bonchev–Trinajstić information content (AvgIpc) is 2.57. The zero-order chi connectivity index (χ0) is 12.8. The van der Waals surface area contributed by atoms with E-state index in [1.165, 1.54) is 6.33 Å². The Hall–Kier alpha value is -1.17. The molecule has 17 heavy (non-hydrogen) atoms. The van der Waals surface area contributed by atoms with Crippen molar-refractivity contribution < 1.29 is 13.2 Å². The van der Waals surface area contributed by atoms with E-state index in [4.69, 9.17) is 0 Å². The van der Waals surface area contributed by atoms with E-state index in [0.717, 1.165) is 16.7 Å². The molecular weight excluding hydrogens is 249 g/mol. The van der Waals surface area contributed by atoms with Gasteiger partial charge in [0.05, 0.1) is 21.5 Å². The van der Waals surface area contributed by atoms with Crippen molar-refractivity contribution in [1.29, 1.82) is 0 Å². The molecule has 2 nitrogen and oxygen atoms in total. The molecule has 92 valence electrons. The highest BCUT2D eigenvalue weighted by atomic mass is 32.1. The van der Waals surface area contributed by atoms with Crippen LogP contribution in [0, 0.1) is 0 Å². The first-order valence-corrected chi connectivity index (χ1v) is 5.89. The van der Waals surface area contributed by atoms with E-state index in [-0.39, 0.29) is 10.9 Å². The fourth-order valence-corrected chi connectivity index (χ4v) is 2.81. The second-order valence-corrected chi connectivity index (χ2v) is 5.68. The van der Waals surface area contributed by atoms with Gasteiger partial charge in [0.15, 0.2) is 0 Å². The lowest BCUT2D eigenvalue weighted by Gasteiger charge is -2.17.